The Morgan fingerprint density at radius 3 is 1.77 bits per heavy atom. The molecule has 0 aliphatic heterocycles. The van der Waals surface area contributed by atoms with E-state index in [1.54, 1.807) is 31.4 Å². The molecular formula is C34H32O8S. The van der Waals surface area contributed by atoms with E-state index in [0.717, 1.165) is 22.9 Å². The van der Waals surface area contributed by atoms with E-state index in [-0.39, 0.29) is 27.7 Å². The van der Waals surface area contributed by atoms with E-state index in [2.05, 4.69) is 20.4 Å². The lowest BCUT2D eigenvalue weighted by molar-refractivity contribution is -0.140. The van der Waals surface area contributed by atoms with Gasteiger partial charge in [-0.05, 0) is 72.6 Å². The maximum atomic E-state index is 13.1. The highest BCUT2D eigenvalue weighted by Gasteiger charge is 2.23. The molecule has 0 saturated heterocycles. The third-order valence-corrected chi connectivity index (χ3v) is 7.99. The van der Waals surface area contributed by atoms with Crippen LogP contribution in [0.3, 0.4) is 0 Å². The molecule has 4 rings (SSSR count). The lowest BCUT2D eigenvalue weighted by Gasteiger charge is -2.26. The number of carbonyl (C=O) groups excluding carboxylic acids is 2. The second kappa shape index (κ2) is 12.6. The normalized spacial score (nSPS) is 11.5. The number of methoxy groups -OCH3 is 1. The van der Waals surface area contributed by atoms with Crippen molar-refractivity contribution in [2.24, 2.45) is 0 Å². The van der Waals surface area contributed by atoms with Crippen LogP contribution in [0.4, 0.5) is 0 Å². The van der Waals surface area contributed by atoms with Gasteiger partial charge in [-0.25, -0.2) is 4.79 Å². The monoisotopic (exact) mass is 600 g/mol. The van der Waals surface area contributed by atoms with E-state index in [0.29, 0.717) is 11.5 Å². The fourth-order valence-corrected chi connectivity index (χ4v) is 5.15. The zero-order chi connectivity index (χ0) is 31.4. The van der Waals surface area contributed by atoms with Crippen molar-refractivity contribution in [1.29, 1.82) is 0 Å². The van der Waals surface area contributed by atoms with Gasteiger partial charge in [-0.3, -0.25) is 9.35 Å². The quantitative estimate of drug-likeness (QED) is 0.0855. The molecular weight excluding hydrogens is 568 g/mol. The van der Waals surface area contributed by atoms with Crippen LogP contribution in [0, 0.1) is 0 Å². The van der Waals surface area contributed by atoms with E-state index in [1.165, 1.54) is 19.1 Å². The maximum absolute atomic E-state index is 13.1. The highest BCUT2D eigenvalue weighted by molar-refractivity contribution is 7.85. The topological polar surface area (TPSA) is 116 Å². The SMILES string of the molecule is C=C(C)C(=O)OCc1ccc(C(=O)c2ccc(Oc3ccc(C(C)(C)c4ccc(OC)cc4)cc3)cc2)cc1S(=O)(=O)O. The van der Waals surface area contributed by atoms with Gasteiger partial charge in [0.1, 0.15) is 28.8 Å². The van der Waals surface area contributed by atoms with Gasteiger partial charge in [0, 0.05) is 27.7 Å². The number of hydrogen-bond acceptors (Lipinski definition) is 7. The van der Waals surface area contributed by atoms with E-state index in [9.17, 15) is 22.6 Å². The molecule has 0 heterocycles. The Morgan fingerprint density at radius 2 is 1.28 bits per heavy atom. The third kappa shape index (κ3) is 7.38. The second-order valence-corrected chi connectivity index (χ2v) is 11.9. The smallest absolute Gasteiger partial charge is 0.333 e. The van der Waals surface area contributed by atoms with Gasteiger partial charge in [0.05, 0.1) is 7.11 Å². The molecule has 0 aromatic heterocycles. The summed E-state index contributed by atoms with van der Waals surface area (Å²) in [6, 6.07) is 25.9. The summed E-state index contributed by atoms with van der Waals surface area (Å²) < 4.78 is 50.0. The van der Waals surface area contributed by atoms with Gasteiger partial charge in [-0.1, -0.05) is 56.8 Å². The molecule has 0 amide bonds. The number of esters is 1. The third-order valence-electron chi connectivity index (χ3n) is 7.05. The highest BCUT2D eigenvalue weighted by atomic mass is 32.2. The summed E-state index contributed by atoms with van der Waals surface area (Å²) in [5, 5.41) is 0. The molecule has 0 aliphatic rings. The molecule has 0 spiro atoms. The highest BCUT2D eigenvalue weighted by Crippen LogP contribution is 2.34. The Kier molecular flexibility index (Phi) is 9.18. The van der Waals surface area contributed by atoms with Crippen molar-refractivity contribution in [2.45, 2.75) is 37.7 Å². The van der Waals surface area contributed by atoms with Crippen molar-refractivity contribution >= 4 is 21.9 Å². The van der Waals surface area contributed by atoms with Gasteiger partial charge in [0.15, 0.2) is 5.78 Å². The van der Waals surface area contributed by atoms with Crippen molar-refractivity contribution < 1.29 is 36.8 Å². The molecule has 0 radical (unpaired) electrons. The predicted octanol–water partition coefficient (Wildman–Crippen LogP) is 6.91. The zero-order valence-electron chi connectivity index (χ0n) is 24.3. The molecule has 0 fully saturated rings. The van der Waals surface area contributed by atoms with Gasteiger partial charge >= 0.3 is 5.97 Å². The summed E-state index contributed by atoms with van der Waals surface area (Å²) in [5.74, 6) is 0.751. The molecule has 8 nitrogen and oxygen atoms in total. The minimum absolute atomic E-state index is 0.0239. The van der Waals surface area contributed by atoms with Crippen LogP contribution < -0.4 is 9.47 Å². The van der Waals surface area contributed by atoms with Crippen molar-refractivity contribution in [3.63, 3.8) is 0 Å². The first-order valence-corrected chi connectivity index (χ1v) is 14.7. The number of ketones is 1. The number of hydrogen-bond donors (Lipinski definition) is 1. The minimum atomic E-state index is -4.70. The van der Waals surface area contributed by atoms with Crippen molar-refractivity contribution in [1.82, 2.24) is 0 Å². The average molecular weight is 601 g/mol. The first kappa shape index (κ1) is 31.2. The summed E-state index contributed by atoms with van der Waals surface area (Å²) in [5.41, 5.74) is 2.49. The van der Waals surface area contributed by atoms with E-state index >= 15 is 0 Å². The Hall–Kier alpha value is -4.73. The van der Waals surface area contributed by atoms with Crippen LogP contribution in [0.2, 0.25) is 0 Å². The van der Waals surface area contributed by atoms with Crippen LogP contribution in [-0.2, 0) is 31.7 Å². The summed E-state index contributed by atoms with van der Waals surface area (Å²) in [6.07, 6.45) is 0. The van der Waals surface area contributed by atoms with Crippen LogP contribution >= 0.6 is 0 Å². The molecule has 43 heavy (non-hydrogen) atoms. The largest absolute Gasteiger partial charge is 0.497 e. The first-order chi connectivity index (χ1) is 20.3. The first-order valence-electron chi connectivity index (χ1n) is 13.3. The van der Waals surface area contributed by atoms with Crippen LogP contribution in [0.1, 0.15) is 53.4 Å². The van der Waals surface area contributed by atoms with Crippen molar-refractivity contribution in [3.8, 4) is 17.2 Å². The summed E-state index contributed by atoms with van der Waals surface area (Å²) in [6.45, 7) is 8.79. The number of carbonyl (C=O) groups is 2. The van der Waals surface area contributed by atoms with Gasteiger partial charge in [0.25, 0.3) is 10.1 Å². The van der Waals surface area contributed by atoms with Gasteiger partial charge in [0.2, 0.25) is 0 Å². The summed E-state index contributed by atoms with van der Waals surface area (Å²) in [7, 11) is -3.06. The van der Waals surface area contributed by atoms with E-state index in [4.69, 9.17) is 14.2 Å². The fourth-order valence-electron chi connectivity index (χ4n) is 4.41. The van der Waals surface area contributed by atoms with Crippen molar-refractivity contribution in [3.05, 3.63) is 131 Å². The maximum Gasteiger partial charge on any atom is 0.333 e. The Morgan fingerprint density at radius 1 is 0.791 bits per heavy atom. The van der Waals surface area contributed by atoms with Crippen LogP contribution in [0.5, 0.6) is 17.2 Å². The average Bonchev–Trinajstić information content (AvgIpc) is 2.99. The molecule has 4 aromatic carbocycles. The predicted molar refractivity (Wildman–Crippen MR) is 162 cm³/mol. The molecule has 1 N–H and O–H groups in total. The zero-order valence-corrected chi connectivity index (χ0v) is 25.1. The lowest BCUT2D eigenvalue weighted by atomic mass is 9.78. The number of ether oxygens (including phenoxy) is 3. The lowest BCUT2D eigenvalue weighted by Crippen LogP contribution is -2.18. The molecule has 222 valence electrons. The Bertz CT molecular complexity index is 1750. The van der Waals surface area contributed by atoms with Crippen LogP contribution in [0.25, 0.3) is 0 Å². The number of rotatable bonds is 11. The van der Waals surface area contributed by atoms with Crippen LogP contribution in [-0.4, -0.2) is 31.8 Å². The molecule has 4 aromatic rings. The summed E-state index contributed by atoms with van der Waals surface area (Å²) in [4.78, 5) is 24.3. The van der Waals surface area contributed by atoms with Gasteiger partial charge < -0.3 is 14.2 Å². The standard InChI is InChI=1S/C34H32O8S/c1-22(2)33(36)41-21-25-7-6-24(20-31(25)43(37,38)39)32(35)23-8-14-29(15-9-23)42-30-18-12-27(13-19-30)34(3,4)26-10-16-28(40-5)17-11-26/h6-20H,1,21H2,2-5H3,(H,37,38,39). The molecule has 0 aliphatic carbocycles. The van der Waals surface area contributed by atoms with Gasteiger partial charge in [-0.15, -0.1) is 0 Å². The summed E-state index contributed by atoms with van der Waals surface area (Å²) >= 11 is 0. The van der Waals surface area contributed by atoms with Gasteiger partial charge in [-0.2, -0.15) is 8.42 Å². The van der Waals surface area contributed by atoms with Crippen molar-refractivity contribution in [2.75, 3.05) is 7.11 Å². The molecule has 0 saturated carbocycles. The molecule has 0 bridgehead atoms. The number of benzene rings is 4. The Balaban J connectivity index is 1.47. The molecule has 0 atom stereocenters. The minimum Gasteiger partial charge on any atom is -0.497 e. The second-order valence-electron chi connectivity index (χ2n) is 10.5. The Labute approximate surface area is 251 Å². The van der Waals surface area contributed by atoms with Crippen LogP contribution in [0.15, 0.2) is 108 Å². The molecule has 9 heteroatoms. The van der Waals surface area contributed by atoms with E-state index < -0.39 is 33.4 Å². The van der Waals surface area contributed by atoms with E-state index in [1.807, 2.05) is 48.5 Å². The molecule has 0 unspecified atom stereocenters. The fraction of sp³-hybridized carbons (Fsp3) is 0.176.